The highest BCUT2D eigenvalue weighted by Gasteiger charge is 2.49. The highest BCUT2D eigenvalue weighted by Crippen LogP contribution is 2.44. The van der Waals surface area contributed by atoms with Crippen LogP contribution in [0.15, 0.2) is 72.8 Å². The molecule has 7 nitrogen and oxygen atoms in total. The average Bonchev–Trinajstić information content (AvgIpc) is 3.35. The van der Waals surface area contributed by atoms with E-state index in [2.05, 4.69) is 0 Å². The van der Waals surface area contributed by atoms with Gasteiger partial charge in [-0.3, -0.25) is 9.59 Å². The smallest absolute Gasteiger partial charge is 0.328 e. The van der Waals surface area contributed by atoms with E-state index in [1.165, 1.54) is 7.11 Å². The van der Waals surface area contributed by atoms with Gasteiger partial charge in [-0.2, -0.15) is 0 Å². The van der Waals surface area contributed by atoms with Gasteiger partial charge in [0.1, 0.15) is 11.8 Å². The molecular formula is C32H35NO6. The first-order valence-corrected chi connectivity index (χ1v) is 13.2. The SMILES string of the molecule is CCCC(=O)OC[C@H]1C[C@@H](C(=O)OC)N(C(=O)c2ccc(-c3ccccc3OC)cc2)[C@H]1c1ccccc1C. The molecule has 0 aromatic heterocycles. The van der Waals surface area contributed by atoms with Crippen LogP contribution in [-0.2, 0) is 19.1 Å². The lowest BCUT2D eigenvalue weighted by Gasteiger charge is -2.32. The number of para-hydroxylation sites is 1. The number of nitrogens with zero attached hydrogens (tertiary/aromatic N) is 1. The molecule has 1 aliphatic heterocycles. The molecule has 0 aliphatic carbocycles. The number of amides is 1. The van der Waals surface area contributed by atoms with E-state index in [4.69, 9.17) is 14.2 Å². The van der Waals surface area contributed by atoms with Crippen LogP contribution in [0, 0.1) is 12.8 Å². The highest BCUT2D eigenvalue weighted by molar-refractivity contribution is 5.98. The summed E-state index contributed by atoms with van der Waals surface area (Å²) >= 11 is 0. The van der Waals surface area contributed by atoms with Crippen molar-refractivity contribution in [3.05, 3.63) is 89.5 Å². The van der Waals surface area contributed by atoms with Crippen molar-refractivity contribution < 1.29 is 28.6 Å². The van der Waals surface area contributed by atoms with E-state index in [-0.39, 0.29) is 24.4 Å². The standard InChI is InChI=1S/C32H35NO6/c1-5-10-29(34)39-20-24-19-27(32(36)38-4)33(30(24)25-12-7-6-11-21(25)2)31(35)23-17-15-22(16-18-23)26-13-8-9-14-28(26)37-3/h6-9,11-18,24,27,30H,5,10,19-20H2,1-4H3/t24-,27+,30-/m1/s1. The fourth-order valence-corrected chi connectivity index (χ4v) is 5.35. The molecule has 1 heterocycles. The predicted octanol–water partition coefficient (Wildman–Crippen LogP) is 5.76. The van der Waals surface area contributed by atoms with E-state index in [0.717, 1.165) is 28.0 Å². The monoisotopic (exact) mass is 529 g/mol. The lowest BCUT2D eigenvalue weighted by molar-refractivity contribution is -0.145. The minimum absolute atomic E-state index is 0.113. The summed E-state index contributed by atoms with van der Waals surface area (Å²) in [5, 5.41) is 0. The number of esters is 2. The number of hydrogen-bond acceptors (Lipinski definition) is 6. The second kappa shape index (κ2) is 12.6. The van der Waals surface area contributed by atoms with Crippen LogP contribution in [0.5, 0.6) is 5.75 Å². The third-order valence-corrected chi connectivity index (χ3v) is 7.29. The number of methoxy groups -OCH3 is 2. The van der Waals surface area contributed by atoms with Crippen molar-refractivity contribution in [1.29, 1.82) is 0 Å². The highest BCUT2D eigenvalue weighted by atomic mass is 16.5. The molecule has 1 aliphatic rings. The Kier molecular flexibility index (Phi) is 9.02. The van der Waals surface area contributed by atoms with Gasteiger partial charge < -0.3 is 19.1 Å². The van der Waals surface area contributed by atoms with Gasteiger partial charge in [0.05, 0.1) is 26.9 Å². The Morgan fingerprint density at radius 2 is 1.62 bits per heavy atom. The molecule has 1 saturated heterocycles. The molecule has 1 fully saturated rings. The summed E-state index contributed by atoms with van der Waals surface area (Å²) in [6.45, 7) is 4.01. The van der Waals surface area contributed by atoms with Crippen molar-refractivity contribution in [3.8, 4) is 16.9 Å². The van der Waals surface area contributed by atoms with Gasteiger partial charge in [0, 0.05) is 23.5 Å². The van der Waals surface area contributed by atoms with Gasteiger partial charge in [0.15, 0.2) is 0 Å². The number of hydrogen-bond donors (Lipinski definition) is 0. The first-order chi connectivity index (χ1) is 18.9. The molecule has 1 amide bonds. The number of likely N-dealkylation sites (tertiary alicyclic amines) is 1. The quantitative estimate of drug-likeness (QED) is 0.328. The lowest BCUT2D eigenvalue weighted by Crippen LogP contribution is -2.43. The molecule has 7 heteroatoms. The van der Waals surface area contributed by atoms with Crippen LogP contribution in [0.4, 0.5) is 0 Å². The van der Waals surface area contributed by atoms with Crippen molar-refractivity contribution in [2.24, 2.45) is 5.92 Å². The molecular weight excluding hydrogens is 494 g/mol. The molecule has 3 atom stereocenters. The Morgan fingerprint density at radius 3 is 2.28 bits per heavy atom. The Labute approximate surface area is 229 Å². The maximum absolute atomic E-state index is 14.1. The fourth-order valence-electron chi connectivity index (χ4n) is 5.35. The Morgan fingerprint density at radius 1 is 0.923 bits per heavy atom. The summed E-state index contributed by atoms with van der Waals surface area (Å²) in [5.74, 6) is -0.593. The van der Waals surface area contributed by atoms with Crippen LogP contribution in [0.2, 0.25) is 0 Å². The molecule has 3 aromatic carbocycles. The maximum atomic E-state index is 14.1. The van der Waals surface area contributed by atoms with Crippen LogP contribution in [0.3, 0.4) is 0 Å². The zero-order valence-corrected chi connectivity index (χ0v) is 22.9. The van der Waals surface area contributed by atoms with Gasteiger partial charge in [0.2, 0.25) is 0 Å². The number of aryl methyl sites for hydroxylation is 1. The van der Waals surface area contributed by atoms with E-state index >= 15 is 0 Å². The number of benzene rings is 3. The molecule has 3 aromatic rings. The van der Waals surface area contributed by atoms with Gasteiger partial charge in [-0.05, 0) is 54.7 Å². The second-order valence-corrected chi connectivity index (χ2v) is 9.76. The molecule has 0 spiro atoms. The maximum Gasteiger partial charge on any atom is 0.328 e. The minimum Gasteiger partial charge on any atom is -0.496 e. The summed E-state index contributed by atoms with van der Waals surface area (Å²) in [7, 11) is 2.95. The summed E-state index contributed by atoms with van der Waals surface area (Å²) < 4.78 is 16.2. The van der Waals surface area contributed by atoms with E-state index in [9.17, 15) is 14.4 Å². The molecule has 204 valence electrons. The molecule has 0 N–H and O–H groups in total. The minimum atomic E-state index is -0.809. The second-order valence-electron chi connectivity index (χ2n) is 9.76. The molecule has 0 bridgehead atoms. The summed E-state index contributed by atoms with van der Waals surface area (Å²) in [4.78, 5) is 40.9. The first-order valence-electron chi connectivity index (χ1n) is 13.2. The lowest BCUT2D eigenvalue weighted by atomic mass is 9.91. The van der Waals surface area contributed by atoms with Crippen LogP contribution in [-0.4, -0.2) is 49.6 Å². The summed E-state index contributed by atoms with van der Waals surface area (Å²) in [5.41, 5.74) is 4.18. The zero-order valence-electron chi connectivity index (χ0n) is 22.9. The van der Waals surface area contributed by atoms with Crippen LogP contribution in [0.25, 0.3) is 11.1 Å². The Bertz CT molecular complexity index is 1320. The summed E-state index contributed by atoms with van der Waals surface area (Å²) in [6.07, 6.45) is 1.34. The Balaban J connectivity index is 1.72. The molecule has 39 heavy (non-hydrogen) atoms. The van der Waals surface area contributed by atoms with Crippen molar-refractivity contribution in [3.63, 3.8) is 0 Å². The van der Waals surface area contributed by atoms with Gasteiger partial charge in [-0.15, -0.1) is 0 Å². The molecule has 0 unspecified atom stereocenters. The third-order valence-electron chi connectivity index (χ3n) is 7.29. The van der Waals surface area contributed by atoms with E-state index in [0.29, 0.717) is 24.8 Å². The largest absolute Gasteiger partial charge is 0.496 e. The number of rotatable bonds is 9. The van der Waals surface area contributed by atoms with Crippen molar-refractivity contribution in [2.75, 3.05) is 20.8 Å². The molecule has 0 radical (unpaired) electrons. The molecule has 4 rings (SSSR count). The van der Waals surface area contributed by atoms with Gasteiger partial charge in [0.25, 0.3) is 5.91 Å². The van der Waals surface area contributed by atoms with Crippen molar-refractivity contribution in [1.82, 2.24) is 4.90 Å². The van der Waals surface area contributed by atoms with Gasteiger partial charge in [-0.25, -0.2) is 4.79 Å². The topological polar surface area (TPSA) is 82.1 Å². The summed E-state index contributed by atoms with van der Waals surface area (Å²) in [6, 6.07) is 21.5. The van der Waals surface area contributed by atoms with E-state index in [1.807, 2.05) is 74.5 Å². The van der Waals surface area contributed by atoms with Crippen LogP contribution in [0.1, 0.15) is 53.7 Å². The Hall–Kier alpha value is -4.13. The third kappa shape index (κ3) is 5.98. The fraction of sp³-hybridized carbons (Fsp3) is 0.344. The average molecular weight is 530 g/mol. The molecule has 0 saturated carbocycles. The van der Waals surface area contributed by atoms with E-state index < -0.39 is 18.1 Å². The van der Waals surface area contributed by atoms with Gasteiger partial charge >= 0.3 is 11.9 Å². The number of carbonyl (C=O) groups is 3. The van der Waals surface area contributed by atoms with Crippen LogP contribution >= 0.6 is 0 Å². The first kappa shape index (κ1) is 27.9. The van der Waals surface area contributed by atoms with Crippen LogP contribution < -0.4 is 4.74 Å². The number of ether oxygens (including phenoxy) is 3. The zero-order chi connectivity index (χ0) is 27.9. The van der Waals surface area contributed by atoms with E-state index in [1.54, 1.807) is 24.1 Å². The predicted molar refractivity (Wildman–Crippen MR) is 148 cm³/mol. The van der Waals surface area contributed by atoms with Crippen molar-refractivity contribution >= 4 is 17.8 Å². The normalized spacial score (nSPS) is 18.5. The van der Waals surface area contributed by atoms with Crippen molar-refractivity contribution in [2.45, 2.75) is 45.2 Å². The number of carbonyl (C=O) groups excluding carboxylic acids is 3. The van der Waals surface area contributed by atoms with Gasteiger partial charge in [-0.1, -0.05) is 61.5 Å².